The second-order valence-electron chi connectivity index (χ2n) is 8.00. The summed E-state index contributed by atoms with van der Waals surface area (Å²) >= 11 is 0. The standard InChI is InChI=1S/C27H30O4/c28-24-16-17-25(29-18-21-10-4-1-5-11-21)27(31-20-23-14-8-3-9-15-23)26(24)30-19-22-12-6-2-7-13-22/h1-15,24-28H,16-20H2/t24-,25-,26+,27+/m1/s1. The van der Waals surface area contributed by atoms with Gasteiger partial charge >= 0.3 is 0 Å². The highest BCUT2D eigenvalue weighted by atomic mass is 16.6. The molecule has 4 atom stereocenters. The second kappa shape index (κ2) is 11.2. The maximum Gasteiger partial charge on any atom is 0.113 e. The molecule has 0 spiro atoms. The van der Waals surface area contributed by atoms with E-state index in [2.05, 4.69) is 12.1 Å². The van der Waals surface area contributed by atoms with Crippen LogP contribution in [0.15, 0.2) is 91.0 Å². The molecule has 0 bridgehead atoms. The van der Waals surface area contributed by atoms with Crippen LogP contribution >= 0.6 is 0 Å². The van der Waals surface area contributed by atoms with Gasteiger partial charge in [-0.2, -0.15) is 0 Å². The van der Waals surface area contributed by atoms with Crippen molar-refractivity contribution in [2.75, 3.05) is 0 Å². The minimum absolute atomic E-state index is 0.145. The number of aliphatic hydroxyl groups is 1. The zero-order valence-electron chi connectivity index (χ0n) is 17.7. The molecule has 1 fully saturated rings. The van der Waals surface area contributed by atoms with E-state index in [1.165, 1.54) is 0 Å². The third kappa shape index (κ3) is 6.25. The molecule has 1 aliphatic rings. The number of ether oxygens (including phenoxy) is 3. The molecule has 0 aliphatic heterocycles. The van der Waals surface area contributed by atoms with Crippen LogP contribution in [0, 0.1) is 0 Å². The fraction of sp³-hybridized carbons (Fsp3) is 0.333. The Kier molecular flexibility index (Phi) is 7.86. The molecule has 4 rings (SSSR count). The molecular formula is C27H30O4. The summed E-state index contributed by atoms with van der Waals surface area (Å²) in [6.45, 7) is 1.39. The van der Waals surface area contributed by atoms with Crippen molar-refractivity contribution in [3.8, 4) is 0 Å². The number of hydrogen-bond acceptors (Lipinski definition) is 4. The first-order valence-electron chi connectivity index (χ1n) is 10.9. The monoisotopic (exact) mass is 418 g/mol. The minimum atomic E-state index is -0.582. The van der Waals surface area contributed by atoms with Gasteiger partial charge in [0.05, 0.1) is 32.0 Å². The normalized spacial score (nSPS) is 23.5. The average molecular weight is 419 g/mol. The molecular weight excluding hydrogens is 388 g/mol. The van der Waals surface area contributed by atoms with Crippen molar-refractivity contribution >= 4 is 0 Å². The van der Waals surface area contributed by atoms with Gasteiger partial charge in [0.25, 0.3) is 0 Å². The lowest BCUT2D eigenvalue weighted by molar-refractivity contribution is -0.201. The van der Waals surface area contributed by atoms with Gasteiger partial charge in [0.15, 0.2) is 0 Å². The van der Waals surface area contributed by atoms with Gasteiger partial charge in [-0.3, -0.25) is 0 Å². The van der Waals surface area contributed by atoms with Crippen molar-refractivity contribution in [1.29, 1.82) is 0 Å². The molecule has 1 N–H and O–H groups in total. The Hall–Kier alpha value is -2.50. The molecule has 0 amide bonds. The van der Waals surface area contributed by atoms with Gasteiger partial charge in [-0.1, -0.05) is 91.0 Å². The topological polar surface area (TPSA) is 47.9 Å². The number of rotatable bonds is 9. The van der Waals surface area contributed by atoms with E-state index in [0.717, 1.165) is 23.1 Å². The van der Waals surface area contributed by atoms with Gasteiger partial charge in [-0.15, -0.1) is 0 Å². The molecule has 3 aromatic carbocycles. The Morgan fingerprint density at radius 1 is 0.548 bits per heavy atom. The third-order valence-corrected chi connectivity index (χ3v) is 5.69. The van der Waals surface area contributed by atoms with Crippen LogP contribution in [0.1, 0.15) is 29.5 Å². The van der Waals surface area contributed by atoms with E-state index < -0.39 is 12.2 Å². The largest absolute Gasteiger partial charge is 0.390 e. The smallest absolute Gasteiger partial charge is 0.113 e. The van der Waals surface area contributed by atoms with E-state index in [1.54, 1.807) is 0 Å². The summed E-state index contributed by atoms with van der Waals surface area (Å²) in [4.78, 5) is 0. The minimum Gasteiger partial charge on any atom is -0.390 e. The zero-order chi connectivity index (χ0) is 21.3. The highest BCUT2D eigenvalue weighted by Crippen LogP contribution is 2.29. The molecule has 0 aromatic heterocycles. The maximum absolute atomic E-state index is 10.8. The zero-order valence-corrected chi connectivity index (χ0v) is 17.7. The van der Waals surface area contributed by atoms with Crippen LogP contribution in [0.5, 0.6) is 0 Å². The van der Waals surface area contributed by atoms with Crippen LogP contribution in [0.4, 0.5) is 0 Å². The van der Waals surface area contributed by atoms with Gasteiger partial charge < -0.3 is 19.3 Å². The first-order chi connectivity index (χ1) is 15.3. The summed E-state index contributed by atoms with van der Waals surface area (Å²) in [5.41, 5.74) is 3.28. The van der Waals surface area contributed by atoms with Crippen molar-refractivity contribution in [1.82, 2.24) is 0 Å². The van der Waals surface area contributed by atoms with Crippen LogP contribution in [0.2, 0.25) is 0 Å². The van der Waals surface area contributed by atoms with E-state index in [9.17, 15) is 5.11 Å². The molecule has 162 valence electrons. The van der Waals surface area contributed by atoms with Gasteiger partial charge in [-0.05, 0) is 29.5 Å². The Bertz CT molecular complexity index is 885. The maximum atomic E-state index is 10.8. The lowest BCUT2D eigenvalue weighted by atomic mass is 9.89. The van der Waals surface area contributed by atoms with Crippen molar-refractivity contribution in [2.45, 2.75) is 57.1 Å². The first kappa shape index (κ1) is 21.7. The molecule has 1 aliphatic carbocycles. The average Bonchev–Trinajstić information content (AvgIpc) is 2.83. The Morgan fingerprint density at radius 2 is 0.968 bits per heavy atom. The number of benzene rings is 3. The quantitative estimate of drug-likeness (QED) is 0.537. The van der Waals surface area contributed by atoms with Crippen molar-refractivity contribution < 1.29 is 19.3 Å². The van der Waals surface area contributed by atoms with Gasteiger partial charge in [0, 0.05) is 0 Å². The predicted octanol–water partition coefficient (Wildman–Crippen LogP) is 4.90. The molecule has 0 unspecified atom stereocenters. The highest BCUT2D eigenvalue weighted by molar-refractivity contribution is 5.15. The fourth-order valence-corrected chi connectivity index (χ4v) is 3.99. The Balaban J connectivity index is 1.46. The molecule has 0 saturated heterocycles. The van der Waals surface area contributed by atoms with Crippen LogP contribution < -0.4 is 0 Å². The van der Waals surface area contributed by atoms with Crippen LogP contribution in [0.25, 0.3) is 0 Å². The molecule has 4 heteroatoms. The summed E-state index contributed by atoms with van der Waals surface area (Å²) in [6, 6.07) is 30.2. The van der Waals surface area contributed by atoms with E-state index in [-0.39, 0.29) is 12.2 Å². The fourth-order valence-electron chi connectivity index (χ4n) is 3.99. The molecule has 0 radical (unpaired) electrons. The molecule has 4 nitrogen and oxygen atoms in total. The van der Waals surface area contributed by atoms with Gasteiger partial charge in [0.1, 0.15) is 12.2 Å². The number of hydrogen-bond donors (Lipinski definition) is 1. The van der Waals surface area contributed by atoms with Crippen molar-refractivity contribution in [3.05, 3.63) is 108 Å². The summed E-state index contributed by atoms with van der Waals surface area (Å²) in [6.07, 6.45) is -0.160. The summed E-state index contributed by atoms with van der Waals surface area (Å²) in [5, 5.41) is 10.8. The van der Waals surface area contributed by atoms with Crippen LogP contribution in [0.3, 0.4) is 0 Å². The van der Waals surface area contributed by atoms with Crippen molar-refractivity contribution in [3.63, 3.8) is 0 Å². The predicted molar refractivity (Wildman–Crippen MR) is 120 cm³/mol. The lowest BCUT2D eigenvalue weighted by Crippen LogP contribution is -2.52. The highest BCUT2D eigenvalue weighted by Gasteiger charge is 2.41. The van der Waals surface area contributed by atoms with E-state index in [1.807, 2.05) is 78.9 Å². The van der Waals surface area contributed by atoms with E-state index in [0.29, 0.717) is 26.2 Å². The molecule has 1 saturated carbocycles. The molecule has 3 aromatic rings. The molecule has 31 heavy (non-hydrogen) atoms. The number of aliphatic hydroxyl groups excluding tert-OH is 1. The summed E-state index contributed by atoms with van der Waals surface area (Å²) < 4.78 is 18.8. The Labute approximate surface area is 184 Å². The summed E-state index contributed by atoms with van der Waals surface area (Å²) in [5.74, 6) is 0. The van der Waals surface area contributed by atoms with Gasteiger partial charge in [-0.25, -0.2) is 0 Å². The second-order valence-corrected chi connectivity index (χ2v) is 8.00. The lowest BCUT2D eigenvalue weighted by Gasteiger charge is -2.40. The third-order valence-electron chi connectivity index (χ3n) is 5.69. The summed E-state index contributed by atoms with van der Waals surface area (Å²) in [7, 11) is 0. The SMILES string of the molecule is O[C@@H]1CC[C@@H](OCc2ccccc2)[C@H](OCc2ccccc2)[C@H]1OCc1ccccc1. The first-order valence-corrected chi connectivity index (χ1v) is 10.9. The van der Waals surface area contributed by atoms with E-state index >= 15 is 0 Å². The van der Waals surface area contributed by atoms with Crippen LogP contribution in [-0.4, -0.2) is 29.5 Å². The van der Waals surface area contributed by atoms with E-state index in [4.69, 9.17) is 14.2 Å². The molecule has 0 heterocycles. The van der Waals surface area contributed by atoms with Crippen LogP contribution in [-0.2, 0) is 34.0 Å². The Morgan fingerprint density at radius 3 is 1.45 bits per heavy atom. The van der Waals surface area contributed by atoms with Gasteiger partial charge in [0.2, 0.25) is 0 Å². The van der Waals surface area contributed by atoms with Crippen molar-refractivity contribution in [2.24, 2.45) is 0 Å².